The van der Waals surface area contributed by atoms with Gasteiger partial charge in [-0.1, -0.05) is 24.3 Å². The number of para-hydroxylation sites is 1. The number of H-pyrrole nitrogens is 1. The Balaban J connectivity index is 0.00000240. The Labute approximate surface area is 176 Å². The molecule has 0 aliphatic heterocycles. The molecule has 4 aromatic rings. The van der Waals surface area contributed by atoms with E-state index in [4.69, 9.17) is 0 Å². The molecule has 0 unspecified atom stereocenters. The zero-order valence-electron chi connectivity index (χ0n) is 15.9. The third-order valence-electron chi connectivity index (χ3n) is 4.72. The van der Waals surface area contributed by atoms with Crippen molar-refractivity contribution in [3.63, 3.8) is 0 Å². The molecule has 2 aromatic carbocycles. The zero-order chi connectivity index (χ0) is 19.6. The summed E-state index contributed by atoms with van der Waals surface area (Å²) in [7, 11) is -3.59. The first kappa shape index (κ1) is 21.3. The topological polar surface area (TPSA) is 86.9 Å². The molecule has 8 heteroatoms. The van der Waals surface area contributed by atoms with Gasteiger partial charge >= 0.3 is 0 Å². The summed E-state index contributed by atoms with van der Waals surface area (Å²) < 4.78 is 28.1. The summed E-state index contributed by atoms with van der Waals surface area (Å²) in [5, 5.41) is 6.26. The lowest BCUT2D eigenvalue weighted by atomic mass is 10.2. The summed E-state index contributed by atoms with van der Waals surface area (Å²) in [6, 6.07) is 14.7. The zero-order valence-corrected chi connectivity index (χ0v) is 17.6. The molecule has 3 N–H and O–H groups in total. The molecular formula is C21H23ClN4O2S. The van der Waals surface area contributed by atoms with Crippen LogP contribution in [0.15, 0.2) is 72.0 Å². The number of sulfonamides is 1. The highest BCUT2D eigenvalue weighted by Crippen LogP contribution is 2.19. The van der Waals surface area contributed by atoms with E-state index >= 15 is 0 Å². The van der Waals surface area contributed by atoms with Crippen molar-refractivity contribution in [2.24, 2.45) is 0 Å². The van der Waals surface area contributed by atoms with E-state index < -0.39 is 10.0 Å². The van der Waals surface area contributed by atoms with Crippen molar-refractivity contribution in [2.45, 2.75) is 24.4 Å². The number of hydrogen-bond acceptors (Lipinski definition) is 4. The fourth-order valence-corrected chi connectivity index (χ4v) is 4.58. The highest BCUT2D eigenvalue weighted by Gasteiger charge is 2.17. The molecule has 6 nitrogen and oxygen atoms in total. The van der Waals surface area contributed by atoms with E-state index in [0.29, 0.717) is 13.1 Å². The Morgan fingerprint density at radius 1 is 1.10 bits per heavy atom. The predicted octanol–water partition coefficient (Wildman–Crippen LogP) is 3.59. The quantitative estimate of drug-likeness (QED) is 0.418. The number of nitrogens with one attached hydrogen (secondary N) is 3. The number of benzene rings is 2. The molecule has 0 aliphatic carbocycles. The van der Waals surface area contributed by atoms with Gasteiger partial charge in [-0.25, -0.2) is 13.1 Å². The minimum atomic E-state index is -3.59. The molecule has 0 bridgehead atoms. The SMILES string of the molecule is C[C@H](CNCc1c[nH]c2ccccc12)NS(=O)(=O)c1ccc2cnccc2c1.Cl. The third kappa shape index (κ3) is 4.76. The summed E-state index contributed by atoms with van der Waals surface area (Å²) in [5.74, 6) is 0. The van der Waals surface area contributed by atoms with Crippen LogP contribution in [0.1, 0.15) is 12.5 Å². The van der Waals surface area contributed by atoms with E-state index in [9.17, 15) is 8.42 Å². The van der Waals surface area contributed by atoms with Crippen molar-refractivity contribution in [2.75, 3.05) is 6.54 Å². The molecule has 2 aromatic heterocycles. The normalized spacial score (nSPS) is 12.7. The van der Waals surface area contributed by atoms with Gasteiger partial charge in [0.15, 0.2) is 0 Å². The number of aromatic amines is 1. The van der Waals surface area contributed by atoms with Gasteiger partial charge in [0.2, 0.25) is 10.0 Å². The molecule has 0 spiro atoms. The van der Waals surface area contributed by atoms with E-state index in [-0.39, 0.29) is 23.3 Å². The maximum absolute atomic E-state index is 12.7. The fraction of sp³-hybridized carbons (Fsp3) is 0.190. The number of hydrogen-bond donors (Lipinski definition) is 3. The lowest BCUT2D eigenvalue weighted by Gasteiger charge is -2.15. The van der Waals surface area contributed by atoms with E-state index in [0.717, 1.165) is 21.9 Å². The van der Waals surface area contributed by atoms with Gasteiger partial charge in [-0.3, -0.25) is 4.98 Å². The first-order chi connectivity index (χ1) is 13.5. The van der Waals surface area contributed by atoms with E-state index in [1.165, 1.54) is 5.39 Å². The van der Waals surface area contributed by atoms with E-state index in [1.54, 1.807) is 36.7 Å². The average molecular weight is 431 g/mol. The van der Waals surface area contributed by atoms with Gasteiger partial charge in [0, 0.05) is 54.0 Å². The Hall–Kier alpha value is -2.45. The molecule has 152 valence electrons. The van der Waals surface area contributed by atoms with Crippen LogP contribution in [0.4, 0.5) is 0 Å². The third-order valence-corrected chi connectivity index (χ3v) is 6.31. The van der Waals surface area contributed by atoms with Crippen LogP contribution in [-0.2, 0) is 16.6 Å². The van der Waals surface area contributed by atoms with Gasteiger partial charge in [0.05, 0.1) is 4.90 Å². The number of pyridine rings is 1. The Bertz CT molecular complexity index is 1220. The average Bonchev–Trinajstić information content (AvgIpc) is 3.10. The van der Waals surface area contributed by atoms with Crippen LogP contribution >= 0.6 is 12.4 Å². The van der Waals surface area contributed by atoms with Crippen LogP contribution in [0.25, 0.3) is 21.7 Å². The van der Waals surface area contributed by atoms with Gasteiger partial charge in [0.1, 0.15) is 0 Å². The second-order valence-corrected chi connectivity index (χ2v) is 8.61. The van der Waals surface area contributed by atoms with Gasteiger partial charge in [0.25, 0.3) is 0 Å². The lowest BCUT2D eigenvalue weighted by molar-refractivity contribution is 0.537. The molecular weight excluding hydrogens is 408 g/mol. The highest BCUT2D eigenvalue weighted by atomic mass is 35.5. The molecule has 0 radical (unpaired) electrons. The summed E-state index contributed by atoms with van der Waals surface area (Å²) in [5.41, 5.74) is 2.26. The first-order valence-electron chi connectivity index (χ1n) is 9.15. The molecule has 1 atom stereocenters. The lowest BCUT2D eigenvalue weighted by Crippen LogP contribution is -2.39. The number of aromatic nitrogens is 2. The molecule has 0 saturated carbocycles. The summed E-state index contributed by atoms with van der Waals surface area (Å²) >= 11 is 0. The molecule has 0 fully saturated rings. The summed E-state index contributed by atoms with van der Waals surface area (Å²) in [6.07, 6.45) is 5.36. The number of nitrogens with zero attached hydrogens (tertiary/aromatic N) is 1. The predicted molar refractivity (Wildman–Crippen MR) is 119 cm³/mol. The van der Waals surface area contributed by atoms with Crippen molar-refractivity contribution in [1.29, 1.82) is 0 Å². The van der Waals surface area contributed by atoms with E-state index in [2.05, 4.69) is 26.1 Å². The summed E-state index contributed by atoms with van der Waals surface area (Å²) in [4.78, 5) is 7.55. The van der Waals surface area contributed by atoms with Crippen LogP contribution in [0.5, 0.6) is 0 Å². The monoisotopic (exact) mass is 430 g/mol. The summed E-state index contributed by atoms with van der Waals surface area (Å²) in [6.45, 7) is 3.04. The highest BCUT2D eigenvalue weighted by molar-refractivity contribution is 7.89. The van der Waals surface area contributed by atoms with Crippen molar-refractivity contribution < 1.29 is 8.42 Å². The smallest absolute Gasteiger partial charge is 0.240 e. The molecule has 0 amide bonds. The Morgan fingerprint density at radius 2 is 1.93 bits per heavy atom. The maximum Gasteiger partial charge on any atom is 0.240 e. The number of rotatable bonds is 7. The second-order valence-electron chi connectivity index (χ2n) is 6.90. The second kappa shape index (κ2) is 8.92. The van der Waals surface area contributed by atoms with Gasteiger partial charge in [-0.05, 0) is 42.1 Å². The Morgan fingerprint density at radius 3 is 2.79 bits per heavy atom. The van der Waals surface area contributed by atoms with Gasteiger partial charge in [-0.2, -0.15) is 0 Å². The van der Waals surface area contributed by atoms with Crippen LogP contribution in [0.3, 0.4) is 0 Å². The van der Waals surface area contributed by atoms with Crippen LogP contribution in [-0.4, -0.2) is 31.0 Å². The van der Waals surface area contributed by atoms with E-state index in [1.807, 2.05) is 31.3 Å². The van der Waals surface area contributed by atoms with Crippen molar-refractivity contribution in [3.8, 4) is 0 Å². The maximum atomic E-state index is 12.7. The molecule has 29 heavy (non-hydrogen) atoms. The fourth-order valence-electron chi connectivity index (χ4n) is 3.30. The number of fused-ring (bicyclic) bond motifs is 2. The largest absolute Gasteiger partial charge is 0.361 e. The molecule has 0 aliphatic rings. The minimum absolute atomic E-state index is 0. The standard InChI is InChI=1S/C21H22N4O2S.ClH/c1-15(11-23-13-18-14-24-21-5-3-2-4-20(18)21)25-28(26,27)19-7-6-17-12-22-9-8-16(17)10-19;/h2-10,12,14-15,23-25H,11,13H2,1H3;1H/t15-;/m1./s1. The van der Waals surface area contributed by atoms with Crippen LogP contribution < -0.4 is 10.0 Å². The van der Waals surface area contributed by atoms with Crippen molar-refractivity contribution >= 4 is 44.1 Å². The van der Waals surface area contributed by atoms with Crippen molar-refractivity contribution in [3.05, 3.63) is 72.7 Å². The molecule has 0 saturated heterocycles. The molecule has 2 heterocycles. The molecule has 4 rings (SSSR count). The minimum Gasteiger partial charge on any atom is -0.361 e. The van der Waals surface area contributed by atoms with Crippen molar-refractivity contribution in [1.82, 2.24) is 20.0 Å². The van der Waals surface area contributed by atoms with Crippen LogP contribution in [0.2, 0.25) is 0 Å². The first-order valence-corrected chi connectivity index (χ1v) is 10.6. The van der Waals surface area contributed by atoms with Gasteiger partial charge in [-0.15, -0.1) is 12.4 Å². The van der Waals surface area contributed by atoms with Crippen LogP contribution in [0, 0.1) is 0 Å². The number of halogens is 1. The van der Waals surface area contributed by atoms with Gasteiger partial charge < -0.3 is 10.3 Å². The Kier molecular flexibility index (Phi) is 6.54.